The summed E-state index contributed by atoms with van der Waals surface area (Å²) in [5.74, 6) is 0.921. The maximum Gasteiger partial charge on any atom is 0.0784 e. The molecule has 0 spiro atoms. The zero-order valence-corrected chi connectivity index (χ0v) is 11.8. The predicted molar refractivity (Wildman–Crippen MR) is 74.6 cm³/mol. The minimum atomic E-state index is 0.0262. The lowest BCUT2D eigenvalue weighted by atomic mass is 9.87. The summed E-state index contributed by atoms with van der Waals surface area (Å²) in [5, 5.41) is 0. The summed E-state index contributed by atoms with van der Waals surface area (Å²) < 4.78 is 0. The van der Waals surface area contributed by atoms with Crippen molar-refractivity contribution in [3.05, 3.63) is 0 Å². The summed E-state index contributed by atoms with van der Waals surface area (Å²) >= 11 is 5.08. The van der Waals surface area contributed by atoms with Crippen LogP contribution < -0.4 is 5.73 Å². The largest absolute Gasteiger partial charge is 0.393 e. The second kappa shape index (κ2) is 5.97. The highest BCUT2D eigenvalue weighted by Crippen LogP contribution is 2.23. The lowest BCUT2D eigenvalue weighted by Crippen LogP contribution is -2.35. The predicted octanol–water partition coefficient (Wildman–Crippen LogP) is 2.81. The van der Waals surface area contributed by atoms with Crippen LogP contribution in [-0.4, -0.2) is 29.5 Å². The molecular weight excluding hydrogens is 216 g/mol. The fraction of sp³-hybridized carbons (Fsp3) is 0.923. The lowest BCUT2D eigenvalue weighted by molar-refractivity contribution is 0.185. The van der Waals surface area contributed by atoms with E-state index in [1.807, 2.05) is 0 Å². The summed E-state index contributed by atoms with van der Waals surface area (Å²) in [6, 6.07) is 0. The van der Waals surface area contributed by atoms with Crippen LogP contribution in [0.4, 0.5) is 0 Å². The summed E-state index contributed by atoms with van der Waals surface area (Å²) in [5.41, 5.74) is 5.75. The van der Waals surface area contributed by atoms with Crippen molar-refractivity contribution in [1.82, 2.24) is 4.90 Å². The number of hydrogen-bond donors (Lipinski definition) is 1. The third-order valence-corrected chi connectivity index (χ3v) is 4.37. The van der Waals surface area contributed by atoms with Crippen LogP contribution in [0.3, 0.4) is 0 Å². The van der Waals surface area contributed by atoms with Gasteiger partial charge in [-0.1, -0.05) is 33.0 Å². The van der Waals surface area contributed by atoms with Crippen LogP contribution in [0.1, 0.15) is 46.5 Å². The average molecular weight is 242 g/mol. The number of likely N-dealkylation sites (tertiary alicyclic amines) is 1. The SMILES string of the molecule is CC1CCN(CCCC(C)(C)C(N)=S)CC1. The fourth-order valence-corrected chi connectivity index (χ4v) is 2.26. The molecule has 0 aromatic rings. The Labute approximate surface area is 106 Å². The van der Waals surface area contributed by atoms with Crippen LogP contribution in [0.5, 0.6) is 0 Å². The quantitative estimate of drug-likeness (QED) is 0.752. The van der Waals surface area contributed by atoms with E-state index >= 15 is 0 Å². The maximum absolute atomic E-state index is 5.73. The van der Waals surface area contributed by atoms with Gasteiger partial charge < -0.3 is 10.6 Å². The molecule has 2 N–H and O–H groups in total. The molecule has 1 aliphatic rings. The lowest BCUT2D eigenvalue weighted by Gasteiger charge is -2.31. The van der Waals surface area contributed by atoms with E-state index in [0.29, 0.717) is 4.99 Å². The maximum atomic E-state index is 5.73. The number of nitrogens with two attached hydrogens (primary N) is 1. The van der Waals surface area contributed by atoms with Gasteiger partial charge in [-0.05, 0) is 51.2 Å². The van der Waals surface area contributed by atoms with E-state index in [9.17, 15) is 0 Å². The summed E-state index contributed by atoms with van der Waals surface area (Å²) in [6.07, 6.45) is 5.03. The number of piperidine rings is 1. The Morgan fingerprint density at radius 3 is 2.44 bits per heavy atom. The summed E-state index contributed by atoms with van der Waals surface area (Å²) in [4.78, 5) is 3.23. The standard InChI is InChI=1S/C13H26N2S/c1-11-5-9-15(10-6-11)8-4-7-13(2,3)12(14)16/h11H,4-10H2,1-3H3,(H2,14,16). The van der Waals surface area contributed by atoms with E-state index in [-0.39, 0.29) is 5.41 Å². The molecule has 1 rings (SSSR count). The Bertz CT molecular complexity index is 230. The highest BCUT2D eigenvalue weighted by atomic mass is 32.1. The first-order valence-corrected chi connectivity index (χ1v) is 6.85. The smallest absolute Gasteiger partial charge is 0.0784 e. The highest BCUT2D eigenvalue weighted by molar-refractivity contribution is 7.80. The van der Waals surface area contributed by atoms with Crippen molar-refractivity contribution in [2.75, 3.05) is 19.6 Å². The van der Waals surface area contributed by atoms with Crippen molar-refractivity contribution >= 4 is 17.2 Å². The molecule has 0 aromatic carbocycles. The van der Waals surface area contributed by atoms with E-state index in [0.717, 1.165) is 12.3 Å². The molecule has 0 bridgehead atoms. The Morgan fingerprint density at radius 1 is 1.38 bits per heavy atom. The monoisotopic (exact) mass is 242 g/mol. The first-order chi connectivity index (χ1) is 7.42. The first kappa shape index (κ1) is 13.9. The number of hydrogen-bond acceptors (Lipinski definition) is 2. The number of nitrogens with zero attached hydrogens (tertiary/aromatic N) is 1. The van der Waals surface area contributed by atoms with Gasteiger partial charge in [0.1, 0.15) is 0 Å². The molecule has 0 atom stereocenters. The third kappa shape index (κ3) is 4.38. The van der Waals surface area contributed by atoms with Crippen LogP contribution in [0.25, 0.3) is 0 Å². The van der Waals surface area contributed by atoms with Crippen molar-refractivity contribution in [3.8, 4) is 0 Å². The number of thiocarbonyl (C=S) groups is 1. The normalized spacial score (nSPS) is 19.9. The van der Waals surface area contributed by atoms with Gasteiger partial charge in [-0.3, -0.25) is 0 Å². The second-order valence-electron chi connectivity index (χ2n) is 5.88. The summed E-state index contributed by atoms with van der Waals surface area (Å²) in [6.45, 7) is 10.4. The molecule has 0 aromatic heterocycles. The van der Waals surface area contributed by atoms with Crippen molar-refractivity contribution in [1.29, 1.82) is 0 Å². The molecule has 94 valence electrons. The molecule has 2 nitrogen and oxygen atoms in total. The molecule has 0 aliphatic carbocycles. The molecule has 0 unspecified atom stereocenters. The minimum Gasteiger partial charge on any atom is -0.393 e. The summed E-state index contributed by atoms with van der Waals surface area (Å²) in [7, 11) is 0. The van der Waals surface area contributed by atoms with Crippen molar-refractivity contribution in [2.45, 2.75) is 46.5 Å². The molecule has 0 radical (unpaired) electrons. The van der Waals surface area contributed by atoms with E-state index in [4.69, 9.17) is 18.0 Å². The molecule has 1 heterocycles. The third-order valence-electron chi connectivity index (χ3n) is 3.82. The van der Waals surface area contributed by atoms with Crippen molar-refractivity contribution in [3.63, 3.8) is 0 Å². The van der Waals surface area contributed by atoms with Gasteiger partial charge in [0.2, 0.25) is 0 Å². The Hall–Kier alpha value is -0.150. The Morgan fingerprint density at radius 2 is 1.94 bits per heavy atom. The fourth-order valence-electron chi connectivity index (χ4n) is 2.15. The van der Waals surface area contributed by atoms with Crippen LogP contribution in [0.15, 0.2) is 0 Å². The van der Waals surface area contributed by atoms with Crippen molar-refractivity contribution < 1.29 is 0 Å². The van der Waals surface area contributed by atoms with Crippen LogP contribution in [0, 0.1) is 11.3 Å². The van der Waals surface area contributed by atoms with Gasteiger partial charge in [0, 0.05) is 5.41 Å². The zero-order valence-electron chi connectivity index (χ0n) is 11.0. The first-order valence-electron chi connectivity index (χ1n) is 6.44. The topological polar surface area (TPSA) is 29.3 Å². The molecule has 1 saturated heterocycles. The van der Waals surface area contributed by atoms with E-state index in [1.165, 1.54) is 38.9 Å². The molecular formula is C13H26N2S. The van der Waals surface area contributed by atoms with Gasteiger partial charge in [-0.15, -0.1) is 0 Å². The molecule has 0 amide bonds. The average Bonchev–Trinajstić information content (AvgIpc) is 2.20. The van der Waals surface area contributed by atoms with Crippen LogP contribution in [0.2, 0.25) is 0 Å². The van der Waals surface area contributed by atoms with Gasteiger partial charge in [-0.25, -0.2) is 0 Å². The van der Waals surface area contributed by atoms with Gasteiger partial charge >= 0.3 is 0 Å². The highest BCUT2D eigenvalue weighted by Gasteiger charge is 2.22. The Balaban J connectivity index is 2.18. The minimum absolute atomic E-state index is 0.0262. The van der Waals surface area contributed by atoms with Gasteiger partial charge in [0.25, 0.3) is 0 Å². The van der Waals surface area contributed by atoms with E-state index in [2.05, 4.69) is 25.7 Å². The van der Waals surface area contributed by atoms with Gasteiger partial charge in [0.15, 0.2) is 0 Å². The van der Waals surface area contributed by atoms with Gasteiger partial charge in [0.05, 0.1) is 4.99 Å². The van der Waals surface area contributed by atoms with Crippen molar-refractivity contribution in [2.24, 2.45) is 17.1 Å². The molecule has 3 heteroatoms. The van der Waals surface area contributed by atoms with E-state index < -0.39 is 0 Å². The van der Waals surface area contributed by atoms with Gasteiger partial charge in [-0.2, -0.15) is 0 Å². The van der Waals surface area contributed by atoms with Crippen LogP contribution >= 0.6 is 12.2 Å². The Kier molecular flexibility index (Phi) is 5.19. The van der Waals surface area contributed by atoms with Crippen LogP contribution in [-0.2, 0) is 0 Å². The zero-order chi connectivity index (χ0) is 12.2. The molecule has 16 heavy (non-hydrogen) atoms. The second-order valence-corrected chi connectivity index (χ2v) is 6.32. The molecule has 0 saturated carbocycles. The molecule has 1 fully saturated rings. The molecule has 1 aliphatic heterocycles. The van der Waals surface area contributed by atoms with E-state index in [1.54, 1.807) is 0 Å². The number of rotatable bonds is 5.